The number of hydrogen-bond donors (Lipinski definition) is 1. The molecule has 0 saturated carbocycles. The summed E-state index contributed by atoms with van der Waals surface area (Å²) < 4.78 is 4.32. The number of imidazole rings is 1. The second-order valence-corrected chi connectivity index (χ2v) is 5.85. The zero-order valence-corrected chi connectivity index (χ0v) is 12.7. The molecule has 0 fully saturated rings. The molecule has 0 aliphatic rings. The molecule has 3 aromatic heterocycles. The number of hydrogen-bond acceptors (Lipinski definition) is 2. The molecule has 0 atom stereocenters. The van der Waals surface area contributed by atoms with Gasteiger partial charge >= 0.3 is 0 Å². The summed E-state index contributed by atoms with van der Waals surface area (Å²) in [5.74, 6) is 0.673. The van der Waals surface area contributed by atoms with Gasteiger partial charge in [0.15, 0.2) is 0 Å². The van der Waals surface area contributed by atoms with E-state index in [1.165, 1.54) is 5.69 Å². The Morgan fingerprint density at radius 1 is 1.14 bits per heavy atom. The third-order valence-electron chi connectivity index (χ3n) is 3.53. The van der Waals surface area contributed by atoms with E-state index in [4.69, 9.17) is 0 Å². The highest BCUT2D eigenvalue weighted by molar-refractivity contribution is 5.39. The predicted molar refractivity (Wildman–Crippen MR) is 85.3 cm³/mol. The molecule has 0 spiro atoms. The standard InChI is InChI=1S/C17H22N4/c1-14(2)10-18-11-16-6-5-9-20(16)12-15-13-21-8-4-3-7-17(21)19-15/h3-9,13-14,18H,10-12H2,1-2H3. The summed E-state index contributed by atoms with van der Waals surface area (Å²) in [6, 6.07) is 10.3. The third-order valence-corrected chi connectivity index (χ3v) is 3.53. The van der Waals surface area contributed by atoms with E-state index in [0.717, 1.165) is 31.0 Å². The molecule has 3 rings (SSSR count). The van der Waals surface area contributed by atoms with Crippen LogP contribution in [0.25, 0.3) is 5.65 Å². The fourth-order valence-electron chi connectivity index (χ4n) is 2.49. The van der Waals surface area contributed by atoms with E-state index in [9.17, 15) is 0 Å². The van der Waals surface area contributed by atoms with Crippen molar-refractivity contribution in [3.8, 4) is 0 Å². The number of nitrogens with one attached hydrogen (secondary N) is 1. The van der Waals surface area contributed by atoms with Crippen molar-refractivity contribution < 1.29 is 0 Å². The summed E-state index contributed by atoms with van der Waals surface area (Å²) in [5.41, 5.74) is 3.38. The van der Waals surface area contributed by atoms with Gasteiger partial charge in [-0.1, -0.05) is 19.9 Å². The minimum atomic E-state index is 0.673. The van der Waals surface area contributed by atoms with Crippen LogP contribution in [0.2, 0.25) is 0 Å². The van der Waals surface area contributed by atoms with Crippen molar-refractivity contribution in [2.75, 3.05) is 6.54 Å². The molecule has 3 heterocycles. The summed E-state index contributed by atoms with van der Waals surface area (Å²) in [6.07, 6.45) is 6.25. The van der Waals surface area contributed by atoms with Crippen LogP contribution in [0.15, 0.2) is 48.9 Å². The van der Waals surface area contributed by atoms with Crippen molar-refractivity contribution in [2.24, 2.45) is 5.92 Å². The van der Waals surface area contributed by atoms with E-state index < -0.39 is 0 Å². The first-order chi connectivity index (χ1) is 10.2. The van der Waals surface area contributed by atoms with Gasteiger partial charge < -0.3 is 14.3 Å². The van der Waals surface area contributed by atoms with Crippen LogP contribution in [0.5, 0.6) is 0 Å². The van der Waals surface area contributed by atoms with E-state index >= 15 is 0 Å². The Balaban J connectivity index is 1.71. The first-order valence-corrected chi connectivity index (χ1v) is 7.50. The lowest BCUT2D eigenvalue weighted by Gasteiger charge is -2.10. The second kappa shape index (κ2) is 6.14. The number of aromatic nitrogens is 3. The van der Waals surface area contributed by atoms with Crippen LogP contribution >= 0.6 is 0 Å². The van der Waals surface area contributed by atoms with Crippen molar-refractivity contribution in [1.29, 1.82) is 0 Å². The molecule has 0 amide bonds. The summed E-state index contributed by atoms with van der Waals surface area (Å²) in [6.45, 7) is 7.21. The Bertz CT molecular complexity index is 675. The maximum Gasteiger partial charge on any atom is 0.137 e. The van der Waals surface area contributed by atoms with Gasteiger partial charge in [-0.05, 0) is 36.7 Å². The molecule has 0 radical (unpaired) electrons. The molecule has 0 saturated heterocycles. The van der Waals surface area contributed by atoms with Crippen molar-refractivity contribution in [2.45, 2.75) is 26.9 Å². The average molecular weight is 282 g/mol. The largest absolute Gasteiger partial charge is 0.344 e. The van der Waals surface area contributed by atoms with Crippen molar-refractivity contribution >= 4 is 5.65 Å². The molecule has 110 valence electrons. The van der Waals surface area contributed by atoms with E-state index in [1.54, 1.807) is 0 Å². The van der Waals surface area contributed by atoms with Crippen molar-refractivity contribution in [1.82, 2.24) is 19.3 Å². The highest BCUT2D eigenvalue weighted by Crippen LogP contribution is 2.09. The lowest BCUT2D eigenvalue weighted by molar-refractivity contribution is 0.538. The molecule has 3 aromatic rings. The fraction of sp³-hybridized carbons (Fsp3) is 0.353. The highest BCUT2D eigenvalue weighted by Gasteiger charge is 2.05. The maximum absolute atomic E-state index is 4.66. The van der Waals surface area contributed by atoms with Gasteiger partial charge in [-0.25, -0.2) is 4.98 Å². The summed E-state index contributed by atoms with van der Waals surface area (Å²) in [5, 5.41) is 3.49. The lowest BCUT2D eigenvalue weighted by atomic mass is 10.2. The van der Waals surface area contributed by atoms with Gasteiger partial charge in [-0.2, -0.15) is 0 Å². The van der Waals surface area contributed by atoms with Crippen LogP contribution in [0.4, 0.5) is 0 Å². The summed E-state index contributed by atoms with van der Waals surface area (Å²) >= 11 is 0. The van der Waals surface area contributed by atoms with E-state index in [-0.39, 0.29) is 0 Å². The Labute approximate surface area is 125 Å². The first kappa shape index (κ1) is 13.9. The molecule has 0 aromatic carbocycles. The van der Waals surface area contributed by atoms with E-state index in [1.807, 2.05) is 24.4 Å². The molecule has 21 heavy (non-hydrogen) atoms. The number of pyridine rings is 1. The second-order valence-electron chi connectivity index (χ2n) is 5.85. The monoisotopic (exact) mass is 282 g/mol. The van der Waals surface area contributed by atoms with Crippen molar-refractivity contribution in [3.05, 3.63) is 60.3 Å². The fourth-order valence-corrected chi connectivity index (χ4v) is 2.49. The van der Waals surface area contributed by atoms with Gasteiger partial charge in [0, 0.05) is 30.8 Å². The lowest BCUT2D eigenvalue weighted by Crippen LogP contribution is -2.20. The molecular formula is C17H22N4. The smallest absolute Gasteiger partial charge is 0.137 e. The van der Waals surface area contributed by atoms with Crippen LogP contribution in [-0.2, 0) is 13.1 Å². The van der Waals surface area contributed by atoms with Gasteiger partial charge in [0.2, 0.25) is 0 Å². The SMILES string of the molecule is CC(C)CNCc1cccn1Cc1cn2ccccc2n1. The molecule has 0 bridgehead atoms. The van der Waals surface area contributed by atoms with E-state index in [0.29, 0.717) is 5.92 Å². The molecule has 0 unspecified atom stereocenters. The number of rotatable bonds is 6. The van der Waals surface area contributed by atoms with Gasteiger partial charge in [0.25, 0.3) is 0 Å². The van der Waals surface area contributed by atoms with Crippen LogP contribution < -0.4 is 5.32 Å². The normalized spacial score (nSPS) is 11.6. The van der Waals surface area contributed by atoms with Gasteiger partial charge in [0.1, 0.15) is 5.65 Å². The van der Waals surface area contributed by atoms with Crippen LogP contribution in [-0.4, -0.2) is 20.5 Å². The highest BCUT2D eigenvalue weighted by atomic mass is 15.1. The van der Waals surface area contributed by atoms with Crippen molar-refractivity contribution in [3.63, 3.8) is 0 Å². The third kappa shape index (κ3) is 3.34. The Morgan fingerprint density at radius 3 is 2.86 bits per heavy atom. The molecule has 0 aliphatic heterocycles. The minimum absolute atomic E-state index is 0.673. The summed E-state index contributed by atoms with van der Waals surface area (Å²) in [4.78, 5) is 4.66. The summed E-state index contributed by atoms with van der Waals surface area (Å²) in [7, 11) is 0. The average Bonchev–Trinajstić information content (AvgIpc) is 3.05. The topological polar surface area (TPSA) is 34.3 Å². The van der Waals surface area contributed by atoms with E-state index in [2.05, 4.69) is 57.6 Å². The molecule has 1 N–H and O–H groups in total. The molecule has 4 nitrogen and oxygen atoms in total. The number of nitrogens with zero attached hydrogens (tertiary/aromatic N) is 3. The molecule has 4 heteroatoms. The van der Waals surface area contributed by atoms with Gasteiger partial charge in [0.05, 0.1) is 12.2 Å². The molecule has 0 aliphatic carbocycles. The van der Waals surface area contributed by atoms with Crippen LogP contribution in [0.3, 0.4) is 0 Å². The predicted octanol–water partition coefficient (Wildman–Crippen LogP) is 2.93. The van der Waals surface area contributed by atoms with Crippen LogP contribution in [0.1, 0.15) is 25.2 Å². The zero-order valence-electron chi connectivity index (χ0n) is 12.7. The number of fused-ring (bicyclic) bond motifs is 1. The quantitative estimate of drug-likeness (QED) is 0.754. The Hall–Kier alpha value is -2.07. The van der Waals surface area contributed by atoms with Gasteiger partial charge in [-0.15, -0.1) is 0 Å². The Morgan fingerprint density at radius 2 is 2.05 bits per heavy atom. The zero-order chi connectivity index (χ0) is 14.7. The van der Waals surface area contributed by atoms with Crippen LogP contribution in [0, 0.1) is 5.92 Å². The maximum atomic E-state index is 4.66. The van der Waals surface area contributed by atoms with Gasteiger partial charge in [-0.3, -0.25) is 0 Å². The molecular weight excluding hydrogens is 260 g/mol. The first-order valence-electron chi connectivity index (χ1n) is 7.50. The Kier molecular flexibility index (Phi) is 4.06. The minimum Gasteiger partial charge on any atom is -0.344 e.